The zero-order valence-corrected chi connectivity index (χ0v) is 11.8. The molecule has 0 atom stereocenters. The fourth-order valence-corrected chi connectivity index (χ4v) is 2.23. The van der Waals surface area contributed by atoms with E-state index in [0.717, 1.165) is 31.0 Å². The number of anilines is 1. The third-order valence-corrected chi connectivity index (χ3v) is 3.53. The van der Waals surface area contributed by atoms with Crippen LogP contribution in [0.3, 0.4) is 0 Å². The molecule has 0 aliphatic heterocycles. The van der Waals surface area contributed by atoms with Gasteiger partial charge in [-0.3, -0.25) is 0 Å². The Morgan fingerprint density at radius 1 is 1.22 bits per heavy atom. The number of hydrogen-bond donors (Lipinski definition) is 1. The van der Waals surface area contributed by atoms with Gasteiger partial charge in [0.15, 0.2) is 0 Å². The summed E-state index contributed by atoms with van der Waals surface area (Å²) in [7, 11) is 1.74. The van der Waals surface area contributed by atoms with Crippen molar-refractivity contribution in [1.82, 2.24) is 9.97 Å². The summed E-state index contributed by atoms with van der Waals surface area (Å²) in [6.07, 6.45) is 4.65. The van der Waals surface area contributed by atoms with Crippen molar-refractivity contribution in [2.45, 2.75) is 52.1 Å². The van der Waals surface area contributed by atoms with E-state index < -0.39 is 0 Å². The summed E-state index contributed by atoms with van der Waals surface area (Å²) < 4.78 is 5.43. The van der Waals surface area contributed by atoms with Crippen molar-refractivity contribution in [3.05, 3.63) is 17.1 Å². The monoisotopic (exact) mass is 249 g/mol. The van der Waals surface area contributed by atoms with Crippen LogP contribution in [0.25, 0.3) is 0 Å². The van der Waals surface area contributed by atoms with Crippen LogP contribution in [0.5, 0.6) is 0 Å². The van der Waals surface area contributed by atoms with Gasteiger partial charge in [0.1, 0.15) is 11.6 Å². The van der Waals surface area contributed by atoms with Crippen LogP contribution in [0.2, 0.25) is 0 Å². The summed E-state index contributed by atoms with van der Waals surface area (Å²) in [6.45, 7) is 6.86. The molecule has 4 heteroatoms. The maximum absolute atomic E-state index is 5.43. The van der Waals surface area contributed by atoms with E-state index in [4.69, 9.17) is 4.74 Å². The lowest BCUT2D eigenvalue weighted by atomic mass is 9.96. The Morgan fingerprint density at radius 3 is 2.67 bits per heavy atom. The Morgan fingerprint density at radius 2 is 1.94 bits per heavy atom. The van der Waals surface area contributed by atoms with E-state index in [1.54, 1.807) is 7.11 Å². The number of aromatic nitrogens is 2. The van der Waals surface area contributed by atoms with Gasteiger partial charge in [-0.1, -0.05) is 0 Å². The van der Waals surface area contributed by atoms with Crippen LogP contribution in [0, 0.1) is 6.92 Å². The van der Waals surface area contributed by atoms with Crippen molar-refractivity contribution >= 4 is 5.82 Å². The minimum Gasteiger partial charge on any atom is -0.377 e. The molecule has 2 rings (SSSR count). The second-order valence-electron chi connectivity index (χ2n) is 5.57. The molecule has 4 nitrogen and oxygen atoms in total. The molecule has 100 valence electrons. The molecule has 0 saturated carbocycles. The van der Waals surface area contributed by atoms with Gasteiger partial charge in [-0.15, -0.1) is 0 Å². The highest BCUT2D eigenvalue weighted by Gasteiger charge is 2.20. The Labute approximate surface area is 109 Å². The molecule has 0 amide bonds. The van der Waals surface area contributed by atoms with Gasteiger partial charge < -0.3 is 10.1 Å². The van der Waals surface area contributed by atoms with Crippen LogP contribution >= 0.6 is 0 Å². The molecular formula is C14H23N3O. The van der Waals surface area contributed by atoms with Gasteiger partial charge in [0.25, 0.3) is 0 Å². The van der Waals surface area contributed by atoms with Crippen LogP contribution in [-0.4, -0.2) is 29.2 Å². The van der Waals surface area contributed by atoms with Gasteiger partial charge in [-0.25, -0.2) is 9.97 Å². The van der Waals surface area contributed by atoms with Gasteiger partial charge >= 0.3 is 0 Å². The molecule has 0 aromatic carbocycles. The van der Waals surface area contributed by atoms with E-state index >= 15 is 0 Å². The molecule has 1 N–H and O–H groups in total. The number of hydrogen-bond acceptors (Lipinski definition) is 4. The number of aryl methyl sites for hydroxylation is 2. The van der Waals surface area contributed by atoms with Crippen molar-refractivity contribution in [1.29, 1.82) is 0 Å². The first-order valence-corrected chi connectivity index (χ1v) is 6.67. The minimum atomic E-state index is -0.180. The quantitative estimate of drug-likeness (QED) is 0.890. The number of nitrogens with zero attached hydrogens (tertiary/aromatic N) is 2. The van der Waals surface area contributed by atoms with E-state index in [2.05, 4.69) is 29.1 Å². The molecule has 1 aromatic rings. The highest BCUT2D eigenvalue weighted by atomic mass is 16.5. The first-order chi connectivity index (χ1) is 8.52. The van der Waals surface area contributed by atoms with Gasteiger partial charge in [0.05, 0.1) is 5.60 Å². The first kappa shape index (κ1) is 13.3. The SMILES string of the molecule is COC(C)(C)CNc1nc(C)nc2c1CCCC2. The Balaban J connectivity index is 2.19. The zero-order chi connectivity index (χ0) is 13.2. The smallest absolute Gasteiger partial charge is 0.133 e. The van der Waals surface area contributed by atoms with E-state index in [1.165, 1.54) is 24.1 Å². The third kappa shape index (κ3) is 2.99. The van der Waals surface area contributed by atoms with Gasteiger partial charge in [0, 0.05) is 24.9 Å². The van der Waals surface area contributed by atoms with Crippen molar-refractivity contribution in [3.8, 4) is 0 Å². The predicted molar refractivity (Wildman–Crippen MR) is 73.0 cm³/mol. The highest BCUT2D eigenvalue weighted by Crippen LogP contribution is 2.25. The lowest BCUT2D eigenvalue weighted by Crippen LogP contribution is -2.33. The predicted octanol–water partition coefficient (Wildman–Crippen LogP) is 2.50. The summed E-state index contributed by atoms with van der Waals surface area (Å²) in [6, 6.07) is 0. The molecule has 1 heterocycles. The highest BCUT2D eigenvalue weighted by molar-refractivity contribution is 5.48. The van der Waals surface area contributed by atoms with Gasteiger partial charge in [0.2, 0.25) is 0 Å². The molecule has 0 saturated heterocycles. The summed E-state index contributed by atoms with van der Waals surface area (Å²) in [5.41, 5.74) is 2.35. The fraction of sp³-hybridized carbons (Fsp3) is 0.714. The van der Waals surface area contributed by atoms with Gasteiger partial charge in [-0.2, -0.15) is 0 Å². The topological polar surface area (TPSA) is 47.0 Å². The van der Waals surface area contributed by atoms with Crippen LogP contribution in [0.15, 0.2) is 0 Å². The van der Waals surface area contributed by atoms with E-state index in [1.807, 2.05) is 6.92 Å². The Kier molecular flexibility index (Phi) is 3.85. The maximum Gasteiger partial charge on any atom is 0.133 e. The van der Waals surface area contributed by atoms with E-state index in [-0.39, 0.29) is 5.60 Å². The summed E-state index contributed by atoms with van der Waals surface area (Å²) >= 11 is 0. The van der Waals surface area contributed by atoms with Crippen molar-refractivity contribution in [2.75, 3.05) is 19.0 Å². The molecule has 0 unspecified atom stereocenters. The number of fused-ring (bicyclic) bond motifs is 1. The largest absolute Gasteiger partial charge is 0.377 e. The van der Waals surface area contributed by atoms with Gasteiger partial charge in [-0.05, 0) is 46.5 Å². The number of nitrogens with one attached hydrogen (secondary N) is 1. The Hall–Kier alpha value is -1.16. The maximum atomic E-state index is 5.43. The summed E-state index contributed by atoms with van der Waals surface area (Å²) in [5.74, 6) is 1.86. The van der Waals surface area contributed by atoms with Crippen molar-refractivity contribution in [3.63, 3.8) is 0 Å². The van der Waals surface area contributed by atoms with Crippen LogP contribution in [0.1, 0.15) is 43.8 Å². The number of methoxy groups -OCH3 is 1. The minimum absolute atomic E-state index is 0.180. The molecular weight excluding hydrogens is 226 g/mol. The van der Waals surface area contributed by atoms with E-state index in [9.17, 15) is 0 Å². The van der Waals surface area contributed by atoms with Crippen LogP contribution in [0.4, 0.5) is 5.82 Å². The molecule has 1 aliphatic rings. The number of rotatable bonds is 4. The average Bonchev–Trinajstić information content (AvgIpc) is 2.36. The number of ether oxygens (including phenoxy) is 1. The second-order valence-corrected chi connectivity index (χ2v) is 5.57. The van der Waals surface area contributed by atoms with Crippen molar-refractivity contribution < 1.29 is 4.74 Å². The van der Waals surface area contributed by atoms with Crippen LogP contribution in [-0.2, 0) is 17.6 Å². The average molecular weight is 249 g/mol. The summed E-state index contributed by atoms with van der Waals surface area (Å²) in [5, 5.41) is 3.43. The third-order valence-electron chi connectivity index (χ3n) is 3.53. The van der Waals surface area contributed by atoms with Crippen molar-refractivity contribution in [2.24, 2.45) is 0 Å². The van der Waals surface area contributed by atoms with Crippen LogP contribution < -0.4 is 5.32 Å². The zero-order valence-electron chi connectivity index (χ0n) is 11.8. The molecule has 0 radical (unpaired) electrons. The lowest BCUT2D eigenvalue weighted by molar-refractivity contribution is 0.0343. The Bertz CT molecular complexity index is 429. The molecule has 0 bridgehead atoms. The van der Waals surface area contributed by atoms with E-state index in [0.29, 0.717) is 0 Å². The second kappa shape index (κ2) is 5.22. The molecule has 0 fully saturated rings. The standard InChI is InChI=1S/C14H23N3O/c1-10-16-12-8-6-5-7-11(12)13(17-10)15-9-14(2,3)18-4/h5-9H2,1-4H3,(H,15,16,17). The summed E-state index contributed by atoms with van der Waals surface area (Å²) in [4.78, 5) is 9.10. The first-order valence-electron chi connectivity index (χ1n) is 6.67. The normalized spacial score (nSPS) is 15.3. The molecule has 0 spiro atoms. The fourth-order valence-electron chi connectivity index (χ4n) is 2.23. The molecule has 1 aromatic heterocycles. The molecule has 1 aliphatic carbocycles. The molecule has 18 heavy (non-hydrogen) atoms. The lowest BCUT2D eigenvalue weighted by Gasteiger charge is -2.25.